The molecule has 0 aliphatic carbocycles. The van der Waals surface area contributed by atoms with E-state index in [9.17, 15) is 0 Å². The molecular formula is C15H20BrN3OS. The van der Waals surface area contributed by atoms with Crippen molar-refractivity contribution in [2.24, 2.45) is 0 Å². The van der Waals surface area contributed by atoms with E-state index in [0.717, 1.165) is 46.1 Å². The average molecular weight is 370 g/mol. The summed E-state index contributed by atoms with van der Waals surface area (Å²) in [5.41, 5.74) is 2.07. The Bertz CT molecular complexity index is 586. The normalized spacial score (nSPS) is 10.9. The van der Waals surface area contributed by atoms with Crippen molar-refractivity contribution in [3.8, 4) is 17.0 Å². The van der Waals surface area contributed by atoms with Gasteiger partial charge in [-0.3, -0.25) is 0 Å². The Labute approximate surface area is 138 Å². The minimum Gasteiger partial charge on any atom is -0.496 e. The van der Waals surface area contributed by atoms with Crippen LogP contribution in [0, 0.1) is 0 Å². The van der Waals surface area contributed by atoms with E-state index in [1.165, 1.54) is 0 Å². The van der Waals surface area contributed by atoms with Crippen molar-refractivity contribution in [3.63, 3.8) is 0 Å². The van der Waals surface area contributed by atoms with Gasteiger partial charge in [-0.25, -0.2) is 4.98 Å². The van der Waals surface area contributed by atoms with Gasteiger partial charge in [-0.05, 0) is 61.2 Å². The SMILES string of the molecule is COc1ccc(-c2csc(NCCCN(C)C)n2)cc1Br. The summed E-state index contributed by atoms with van der Waals surface area (Å²) in [7, 11) is 5.84. The van der Waals surface area contributed by atoms with E-state index in [0.29, 0.717) is 0 Å². The predicted molar refractivity (Wildman–Crippen MR) is 93.5 cm³/mol. The molecule has 1 aromatic heterocycles. The summed E-state index contributed by atoms with van der Waals surface area (Å²) in [5.74, 6) is 0.830. The molecule has 4 nitrogen and oxygen atoms in total. The molecule has 0 atom stereocenters. The van der Waals surface area contributed by atoms with Crippen molar-refractivity contribution < 1.29 is 4.74 Å². The number of hydrogen-bond donors (Lipinski definition) is 1. The lowest BCUT2D eigenvalue weighted by molar-refractivity contribution is 0.405. The Morgan fingerprint density at radius 1 is 1.38 bits per heavy atom. The highest BCUT2D eigenvalue weighted by Gasteiger charge is 2.07. The summed E-state index contributed by atoms with van der Waals surface area (Å²) in [6, 6.07) is 6.00. The van der Waals surface area contributed by atoms with E-state index >= 15 is 0 Å². The highest BCUT2D eigenvalue weighted by atomic mass is 79.9. The van der Waals surface area contributed by atoms with Crippen LogP contribution < -0.4 is 10.1 Å². The van der Waals surface area contributed by atoms with Gasteiger partial charge in [0.1, 0.15) is 5.75 Å². The van der Waals surface area contributed by atoms with Gasteiger partial charge in [0, 0.05) is 17.5 Å². The summed E-state index contributed by atoms with van der Waals surface area (Å²) >= 11 is 5.14. The van der Waals surface area contributed by atoms with Crippen molar-refractivity contribution in [3.05, 3.63) is 28.1 Å². The fourth-order valence-corrected chi connectivity index (χ4v) is 3.19. The quantitative estimate of drug-likeness (QED) is 0.749. The number of ether oxygens (including phenoxy) is 1. The van der Waals surface area contributed by atoms with E-state index < -0.39 is 0 Å². The maximum atomic E-state index is 5.24. The molecule has 114 valence electrons. The van der Waals surface area contributed by atoms with E-state index in [1.807, 2.05) is 18.2 Å². The molecule has 21 heavy (non-hydrogen) atoms. The van der Waals surface area contributed by atoms with E-state index in [2.05, 4.69) is 50.6 Å². The van der Waals surface area contributed by atoms with Gasteiger partial charge in [-0.1, -0.05) is 0 Å². The largest absolute Gasteiger partial charge is 0.496 e. The highest BCUT2D eigenvalue weighted by molar-refractivity contribution is 9.10. The Balaban J connectivity index is 1.97. The molecule has 2 aromatic rings. The van der Waals surface area contributed by atoms with Gasteiger partial charge in [-0.2, -0.15) is 0 Å². The molecule has 0 bridgehead atoms. The summed E-state index contributed by atoms with van der Waals surface area (Å²) in [5, 5.41) is 6.41. The van der Waals surface area contributed by atoms with Crippen molar-refractivity contribution in [2.45, 2.75) is 6.42 Å². The molecule has 0 unspecified atom stereocenters. The Kier molecular flexibility index (Phi) is 6.02. The lowest BCUT2D eigenvalue weighted by Gasteiger charge is -2.08. The summed E-state index contributed by atoms with van der Waals surface area (Å²) in [6.07, 6.45) is 1.11. The van der Waals surface area contributed by atoms with Gasteiger partial charge in [-0.15, -0.1) is 11.3 Å². The number of rotatable bonds is 7. The molecule has 2 rings (SSSR count). The van der Waals surface area contributed by atoms with Gasteiger partial charge in [0.2, 0.25) is 0 Å². The van der Waals surface area contributed by atoms with Gasteiger partial charge in [0.15, 0.2) is 5.13 Å². The van der Waals surface area contributed by atoms with Crippen molar-refractivity contribution in [2.75, 3.05) is 39.6 Å². The van der Waals surface area contributed by atoms with Crippen LogP contribution in [0.2, 0.25) is 0 Å². The van der Waals surface area contributed by atoms with Crippen molar-refractivity contribution in [1.29, 1.82) is 0 Å². The Morgan fingerprint density at radius 2 is 2.19 bits per heavy atom. The van der Waals surface area contributed by atoms with Crippen LogP contribution in [0.4, 0.5) is 5.13 Å². The maximum absolute atomic E-state index is 5.24. The third-order valence-electron chi connectivity index (χ3n) is 3.01. The maximum Gasteiger partial charge on any atom is 0.183 e. The monoisotopic (exact) mass is 369 g/mol. The standard InChI is InChI=1S/C15H20BrN3OS/c1-19(2)8-4-7-17-15-18-13(10-21-15)11-5-6-14(20-3)12(16)9-11/h5-6,9-10H,4,7-8H2,1-3H3,(H,17,18). The first-order chi connectivity index (χ1) is 10.1. The third kappa shape index (κ3) is 4.69. The van der Waals surface area contributed by atoms with Crippen molar-refractivity contribution >= 4 is 32.4 Å². The number of benzene rings is 1. The number of nitrogens with one attached hydrogen (secondary N) is 1. The summed E-state index contributed by atoms with van der Waals surface area (Å²) < 4.78 is 6.19. The summed E-state index contributed by atoms with van der Waals surface area (Å²) in [4.78, 5) is 6.81. The van der Waals surface area contributed by atoms with Crippen LogP contribution in [0.1, 0.15) is 6.42 Å². The first kappa shape index (κ1) is 16.3. The highest BCUT2D eigenvalue weighted by Crippen LogP contribution is 2.31. The second-order valence-corrected chi connectivity index (χ2v) is 6.68. The summed E-state index contributed by atoms with van der Waals surface area (Å²) in [6.45, 7) is 2.02. The van der Waals surface area contributed by atoms with Gasteiger partial charge in [0.05, 0.1) is 17.3 Å². The van der Waals surface area contributed by atoms with E-state index in [1.54, 1.807) is 18.4 Å². The van der Waals surface area contributed by atoms with Crippen LogP contribution >= 0.6 is 27.3 Å². The van der Waals surface area contributed by atoms with Crippen LogP contribution in [-0.4, -0.2) is 44.2 Å². The number of anilines is 1. The zero-order valence-electron chi connectivity index (χ0n) is 12.5. The molecule has 0 aliphatic rings. The lowest BCUT2D eigenvalue weighted by atomic mass is 10.2. The molecular weight excluding hydrogens is 350 g/mol. The van der Waals surface area contributed by atoms with Gasteiger partial charge >= 0.3 is 0 Å². The van der Waals surface area contributed by atoms with Crippen molar-refractivity contribution in [1.82, 2.24) is 9.88 Å². The molecule has 0 amide bonds. The predicted octanol–water partition coefficient (Wildman–Crippen LogP) is 3.94. The van der Waals surface area contributed by atoms with Crippen LogP contribution in [0.15, 0.2) is 28.1 Å². The molecule has 0 aliphatic heterocycles. The molecule has 1 heterocycles. The minimum atomic E-state index is 0.830. The third-order valence-corrected chi connectivity index (χ3v) is 4.43. The number of aromatic nitrogens is 1. The number of hydrogen-bond acceptors (Lipinski definition) is 5. The number of nitrogens with zero attached hydrogens (tertiary/aromatic N) is 2. The van der Waals surface area contributed by atoms with Gasteiger partial charge in [0.25, 0.3) is 0 Å². The van der Waals surface area contributed by atoms with E-state index in [4.69, 9.17) is 4.74 Å². The van der Waals surface area contributed by atoms with Crippen LogP contribution in [0.25, 0.3) is 11.3 Å². The zero-order chi connectivity index (χ0) is 15.2. The second kappa shape index (κ2) is 7.77. The number of thiazole rings is 1. The topological polar surface area (TPSA) is 37.4 Å². The Morgan fingerprint density at radius 3 is 2.86 bits per heavy atom. The molecule has 1 aromatic carbocycles. The molecule has 6 heteroatoms. The fourth-order valence-electron chi connectivity index (χ4n) is 1.90. The molecule has 0 fully saturated rings. The average Bonchev–Trinajstić information content (AvgIpc) is 2.92. The molecule has 0 saturated heterocycles. The first-order valence-electron chi connectivity index (χ1n) is 6.78. The second-order valence-electron chi connectivity index (χ2n) is 4.97. The molecule has 0 spiro atoms. The van der Waals surface area contributed by atoms with Crippen LogP contribution in [0.3, 0.4) is 0 Å². The first-order valence-corrected chi connectivity index (χ1v) is 8.45. The fraction of sp³-hybridized carbons (Fsp3) is 0.400. The van der Waals surface area contributed by atoms with Crippen LogP contribution in [-0.2, 0) is 0 Å². The molecule has 0 radical (unpaired) electrons. The van der Waals surface area contributed by atoms with Crippen LogP contribution in [0.5, 0.6) is 5.75 Å². The zero-order valence-corrected chi connectivity index (χ0v) is 14.9. The van der Waals surface area contributed by atoms with Gasteiger partial charge < -0.3 is 15.0 Å². The number of halogens is 1. The Hall–Kier alpha value is -1.11. The lowest BCUT2D eigenvalue weighted by Crippen LogP contribution is -2.16. The minimum absolute atomic E-state index is 0.830. The molecule has 0 saturated carbocycles. The molecule has 1 N–H and O–H groups in total. The smallest absolute Gasteiger partial charge is 0.183 e. The number of methoxy groups -OCH3 is 1. The van der Waals surface area contributed by atoms with E-state index in [-0.39, 0.29) is 0 Å².